The second-order valence-electron chi connectivity index (χ2n) is 5.42. The Morgan fingerprint density at radius 2 is 1.88 bits per heavy atom. The van der Waals surface area contributed by atoms with Crippen molar-refractivity contribution in [2.75, 3.05) is 17.9 Å². The monoisotopic (exact) mass is 378 g/mol. The molecule has 0 atom stereocenters. The summed E-state index contributed by atoms with van der Waals surface area (Å²) in [6.45, 7) is 2.73. The summed E-state index contributed by atoms with van der Waals surface area (Å²) in [5.74, 6) is 1.67. The van der Waals surface area contributed by atoms with Crippen LogP contribution >= 0.6 is 11.3 Å². The maximum absolute atomic E-state index is 12.6. The highest BCUT2D eigenvalue weighted by molar-refractivity contribution is 7.94. The van der Waals surface area contributed by atoms with Crippen molar-refractivity contribution in [3.05, 3.63) is 42.1 Å². The molecule has 0 aliphatic carbocycles. The van der Waals surface area contributed by atoms with Gasteiger partial charge in [-0.05, 0) is 31.2 Å². The van der Waals surface area contributed by atoms with Gasteiger partial charge in [0.15, 0.2) is 17.3 Å². The molecule has 0 bridgehead atoms. The van der Waals surface area contributed by atoms with E-state index in [1.165, 1.54) is 6.07 Å². The second-order valence-corrected chi connectivity index (χ2v) is 8.41. The summed E-state index contributed by atoms with van der Waals surface area (Å²) in [6.07, 6.45) is 0. The van der Waals surface area contributed by atoms with Gasteiger partial charge in [-0.2, -0.15) is 0 Å². The molecule has 0 amide bonds. The predicted octanol–water partition coefficient (Wildman–Crippen LogP) is 3.28. The van der Waals surface area contributed by atoms with Crippen molar-refractivity contribution in [2.45, 2.75) is 11.1 Å². The van der Waals surface area contributed by atoms with E-state index in [2.05, 4.69) is 9.88 Å². The Morgan fingerprint density at radius 3 is 2.64 bits per heavy atom. The Bertz CT molecular complexity index is 1020. The molecule has 130 valence electrons. The minimum atomic E-state index is -3.71. The van der Waals surface area contributed by atoms with Crippen molar-refractivity contribution < 1.29 is 22.4 Å². The van der Waals surface area contributed by atoms with E-state index >= 15 is 0 Å². The Labute approximate surface area is 148 Å². The zero-order valence-corrected chi connectivity index (χ0v) is 14.8. The van der Waals surface area contributed by atoms with Gasteiger partial charge in [0.25, 0.3) is 10.0 Å². The van der Waals surface area contributed by atoms with Gasteiger partial charge in [0.2, 0.25) is 0 Å². The lowest BCUT2D eigenvalue weighted by Crippen LogP contribution is -2.16. The summed E-state index contributed by atoms with van der Waals surface area (Å²) >= 11 is 1.11. The molecular weight excluding hydrogens is 364 g/mol. The van der Waals surface area contributed by atoms with E-state index in [0.717, 1.165) is 17.0 Å². The Morgan fingerprint density at radius 1 is 1.08 bits per heavy atom. The second kappa shape index (κ2) is 6.08. The molecule has 0 saturated heterocycles. The highest BCUT2D eigenvalue weighted by Gasteiger charge is 2.20. The third-order valence-corrected chi connectivity index (χ3v) is 6.48. The summed E-state index contributed by atoms with van der Waals surface area (Å²) in [4.78, 5) is 0.697. The van der Waals surface area contributed by atoms with Crippen molar-refractivity contribution >= 4 is 27.0 Å². The molecule has 2 aromatic heterocycles. The SMILES string of the molecule is Cc1cc(-c2ccc(S(=O)(=O)Nc3ccc4c(c3)OCCO4)s2)on1. The van der Waals surface area contributed by atoms with Gasteiger partial charge in [-0.25, -0.2) is 8.42 Å². The number of hydrogen-bond donors (Lipinski definition) is 1. The molecule has 4 rings (SSSR count). The van der Waals surface area contributed by atoms with Crippen LogP contribution in [-0.2, 0) is 10.0 Å². The molecule has 25 heavy (non-hydrogen) atoms. The van der Waals surface area contributed by atoms with Crippen molar-refractivity contribution in [1.82, 2.24) is 5.16 Å². The number of fused-ring (bicyclic) bond motifs is 1. The van der Waals surface area contributed by atoms with Crippen LogP contribution < -0.4 is 14.2 Å². The van der Waals surface area contributed by atoms with Gasteiger partial charge < -0.3 is 14.0 Å². The van der Waals surface area contributed by atoms with E-state index in [-0.39, 0.29) is 4.21 Å². The van der Waals surface area contributed by atoms with E-state index in [9.17, 15) is 8.42 Å². The Balaban J connectivity index is 1.59. The first-order valence-electron chi connectivity index (χ1n) is 7.47. The normalized spacial score (nSPS) is 13.6. The number of thiophene rings is 1. The molecule has 1 aliphatic heterocycles. The van der Waals surface area contributed by atoms with Crippen LogP contribution in [0.15, 0.2) is 45.1 Å². The van der Waals surface area contributed by atoms with E-state index in [1.54, 1.807) is 30.3 Å². The van der Waals surface area contributed by atoms with E-state index in [0.29, 0.717) is 41.0 Å². The maximum Gasteiger partial charge on any atom is 0.271 e. The first-order chi connectivity index (χ1) is 12.0. The molecule has 3 heterocycles. The number of anilines is 1. The molecule has 0 spiro atoms. The van der Waals surface area contributed by atoms with Crippen LogP contribution in [0, 0.1) is 6.92 Å². The number of ether oxygens (including phenoxy) is 2. The fourth-order valence-electron chi connectivity index (χ4n) is 2.39. The van der Waals surface area contributed by atoms with Crippen molar-refractivity contribution in [3.8, 4) is 22.1 Å². The zero-order chi connectivity index (χ0) is 17.4. The number of aromatic nitrogens is 1. The van der Waals surface area contributed by atoms with Gasteiger partial charge >= 0.3 is 0 Å². The maximum atomic E-state index is 12.6. The highest BCUT2D eigenvalue weighted by atomic mass is 32.2. The quantitative estimate of drug-likeness (QED) is 0.749. The zero-order valence-electron chi connectivity index (χ0n) is 13.2. The molecule has 0 fully saturated rings. The number of sulfonamides is 1. The number of rotatable bonds is 4. The van der Waals surface area contributed by atoms with Crippen LogP contribution in [0.1, 0.15) is 5.69 Å². The summed E-state index contributed by atoms with van der Waals surface area (Å²) in [6, 6.07) is 9.93. The highest BCUT2D eigenvalue weighted by Crippen LogP contribution is 2.35. The van der Waals surface area contributed by atoms with Gasteiger partial charge in [0.05, 0.1) is 16.3 Å². The van der Waals surface area contributed by atoms with Crippen molar-refractivity contribution in [2.24, 2.45) is 0 Å². The van der Waals surface area contributed by atoms with Crippen LogP contribution in [0.4, 0.5) is 5.69 Å². The number of nitrogens with zero attached hydrogens (tertiary/aromatic N) is 1. The molecule has 0 radical (unpaired) electrons. The standard InChI is InChI=1S/C16H14N2O5S2/c1-10-8-14(23-17-10)15-4-5-16(24-15)25(19,20)18-11-2-3-12-13(9-11)22-7-6-21-12/h2-5,8-9,18H,6-7H2,1H3. The topological polar surface area (TPSA) is 90.7 Å². The lowest BCUT2D eigenvalue weighted by molar-refractivity contribution is 0.171. The van der Waals surface area contributed by atoms with Crippen LogP contribution in [0.5, 0.6) is 11.5 Å². The molecule has 0 saturated carbocycles. The minimum absolute atomic E-state index is 0.187. The molecule has 1 aromatic carbocycles. The summed E-state index contributed by atoms with van der Waals surface area (Å²) in [5, 5.41) is 3.81. The average Bonchev–Trinajstić information content (AvgIpc) is 3.23. The molecule has 7 nitrogen and oxygen atoms in total. The summed E-state index contributed by atoms with van der Waals surface area (Å²) < 4.78 is 44.0. The smallest absolute Gasteiger partial charge is 0.271 e. The molecule has 3 aromatic rings. The number of benzene rings is 1. The molecule has 9 heteroatoms. The fraction of sp³-hybridized carbons (Fsp3) is 0.188. The Kier molecular flexibility index (Phi) is 3.89. The van der Waals surface area contributed by atoms with Gasteiger partial charge in [0.1, 0.15) is 17.4 Å². The lowest BCUT2D eigenvalue weighted by atomic mass is 10.3. The summed E-state index contributed by atoms with van der Waals surface area (Å²) in [5.41, 5.74) is 1.15. The van der Waals surface area contributed by atoms with Gasteiger partial charge in [-0.15, -0.1) is 11.3 Å². The number of hydrogen-bond acceptors (Lipinski definition) is 7. The van der Waals surface area contributed by atoms with Crippen LogP contribution in [0.3, 0.4) is 0 Å². The predicted molar refractivity (Wildman–Crippen MR) is 92.8 cm³/mol. The molecular formula is C16H14N2O5S2. The number of aryl methyl sites for hydroxylation is 1. The van der Waals surface area contributed by atoms with Gasteiger partial charge in [0, 0.05) is 12.1 Å². The lowest BCUT2D eigenvalue weighted by Gasteiger charge is -2.19. The third-order valence-electron chi connectivity index (χ3n) is 3.51. The molecule has 0 unspecified atom stereocenters. The first-order valence-corrected chi connectivity index (χ1v) is 9.77. The van der Waals surface area contributed by atoms with Crippen LogP contribution in [0.25, 0.3) is 10.6 Å². The molecule has 1 N–H and O–H groups in total. The molecule has 1 aliphatic rings. The third kappa shape index (κ3) is 3.20. The van der Waals surface area contributed by atoms with Crippen LogP contribution in [0.2, 0.25) is 0 Å². The van der Waals surface area contributed by atoms with E-state index < -0.39 is 10.0 Å². The average molecular weight is 378 g/mol. The van der Waals surface area contributed by atoms with Gasteiger partial charge in [-0.3, -0.25) is 4.72 Å². The van der Waals surface area contributed by atoms with Crippen LogP contribution in [-0.4, -0.2) is 26.8 Å². The van der Waals surface area contributed by atoms with E-state index in [4.69, 9.17) is 14.0 Å². The fourth-order valence-corrected chi connectivity index (χ4v) is 4.69. The Hall–Kier alpha value is -2.52. The first kappa shape index (κ1) is 16.0. The van der Waals surface area contributed by atoms with Crippen molar-refractivity contribution in [1.29, 1.82) is 0 Å². The van der Waals surface area contributed by atoms with E-state index in [1.807, 2.05) is 6.92 Å². The minimum Gasteiger partial charge on any atom is -0.486 e. The largest absolute Gasteiger partial charge is 0.486 e. The van der Waals surface area contributed by atoms with Gasteiger partial charge in [-0.1, -0.05) is 5.16 Å². The van der Waals surface area contributed by atoms with Crippen molar-refractivity contribution in [3.63, 3.8) is 0 Å². The summed E-state index contributed by atoms with van der Waals surface area (Å²) in [7, 11) is -3.71. The number of nitrogens with one attached hydrogen (secondary N) is 1.